The summed E-state index contributed by atoms with van der Waals surface area (Å²) in [5.41, 5.74) is 1.65. The van der Waals surface area contributed by atoms with Gasteiger partial charge in [-0.1, -0.05) is 0 Å². The highest BCUT2D eigenvalue weighted by Crippen LogP contribution is 2.30. The Labute approximate surface area is 86.8 Å². The van der Waals surface area contributed by atoms with Gasteiger partial charge in [0, 0.05) is 6.04 Å². The van der Waals surface area contributed by atoms with Crippen LogP contribution in [0.3, 0.4) is 0 Å². The Hall–Kier alpha value is -1.49. The van der Waals surface area contributed by atoms with E-state index < -0.39 is 0 Å². The second-order valence-electron chi connectivity index (χ2n) is 3.81. The third kappa shape index (κ3) is 1.39. The van der Waals surface area contributed by atoms with Crippen molar-refractivity contribution in [2.45, 2.75) is 25.0 Å². The summed E-state index contributed by atoms with van der Waals surface area (Å²) in [6.45, 7) is 0. The lowest BCUT2D eigenvalue weighted by Gasteiger charge is -2.11. The number of aromatic nitrogens is 4. The van der Waals surface area contributed by atoms with Crippen LogP contribution in [0, 0.1) is 6.42 Å². The van der Waals surface area contributed by atoms with Gasteiger partial charge in [-0.25, -0.2) is 15.0 Å². The predicted octanol–water partition coefficient (Wildman–Crippen LogP) is 0.726. The normalized spacial score (nSPS) is 26.2. The van der Waals surface area contributed by atoms with Gasteiger partial charge in [0.15, 0.2) is 5.65 Å². The zero-order chi connectivity index (χ0) is 10.3. The molecule has 0 spiro atoms. The zero-order valence-corrected chi connectivity index (χ0v) is 8.11. The first-order valence-corrected chi connectivity index (χ1v) is 4.98. The number of fused-ring (bicyclic) bond motifs is 1. The average molecular weight is 203 g/mol. The summed E-state index contributed by atoms with van der Waals surface area (Å²) in [6, 6.07) is 0.278. The number of hydrogen-bond acceptors (Lipinski definition) is 4. The largest absolute Gasteiger partial charge is 0.393 e. The summed E-state index contributed by atoms with van der Waals surface area (Å²) >= 11 is 0. The zero-order valence-electron chi connectivity index (χ0n) is 8.11. The van der Waals surface area contributed by atoms with Gasteiger partial charge < -0.3 is 9.67 Å². The van der Waals surface area contributed by atoms with Crippen molar-refractivity contribution in [3.05, 3.63) is 25.3 Å². The van der Waals surface area contributed by atoms with Crippen molar-refractivity contribution in [3.63, 3.8) is 0 Å². The number of rotatable bonds is 1. The highest BCUT2D eigenvalue weighted by Gasteiger charge is 2.25. The van der Waals surface area contributed by atoms with Crippen molar-refractivity contribution in [2.24, 2.45) is 0 Å². The smallest absolute Gasteiger partial charge is 0.163 e. The highest BCUT2D eigenvalue weighted by molar-refractivity contribution is 5.69. The molecule has 1 radical (unpaired) electrons. The van der Waals surface area contributed by atoms with Crippen LogP contribution < -0.4 is 0 Å². The van der Waals surface area contributed by atoms with Gasteiger partial charge >= 0.3 is 0 Å². The first-order chi connectivity index (χ1) is 7.34. The first-order valence-electron chi connectivity index (χ1n) is 4.98. The minimum atomic E-state index is -0.297. The fraction of sp³-hybridized carbons (Fsp3) is 0.400. The second kappa shape index (κ2) is 3.27. The second-order valence-corrected chi connectivity index (χ2v) is 3.81. The molecule has 1 aliphatic carbocycles. The topological polar surface area (TPSA) is 63.8 Å². The Balaban J connectivity index is 2.04. The molecule has 0 aromatic carbocycles. The van der Waals surface area contributed by atoms with Crippen LogP contribution >= 0.6 is 0 Å². The van der Waals surface area contributed by atoms with E-state index >= 15 is 0 Å². The van der Waals surface area contributed by atoms with Gasteiger partial charge in [-0.2, -0.15) is 0 Å². The van der Waals surface area contributed by atoms with E-state index in [1.54, 1.807) is 12.5 Å². The molecule has 1 fully saturated rings. The average Bonchev–Trinajstić information content (AvgIpc) is 2.83. The lowest BCUT2D eigenvalue weighted by molar-refractivity contribution is 0.206. The van der Waals surface area contributed by atoms with Crippen LogP contribution in [0.1, 0.15) is 18.9 Å². The monoisotopic (exact) mass is 203 g/mol. The Morgan fingerprint density at radius 1 is 1.40 bits per heavy atom. The van der Waals surface area contributed by atoms with E-state index in [0.717, 1.165) is 24.0 Å². The number of nitrogens with zero attached hydrogens (tertiary/aromatic N) is 4. The maximum atomic E-state index is 9.45. The molecule has 5 heteroatoms. The molecule has 15 heavy (non-hydrogen) atoms. The van der Waals surface area contributed by atoms with Crippen LogP contribution in [0.2, 0.25) is 0 Å². The number of aliphatic hydroxyl groups excluding tert-OH is 1. The van der Waals surface area contributed by atoms with E-state index in [1.807, 2.05) is 11.0 Å². The van der Waals surface area contributed by atoms with Gasteiger partial charge in [0.05, 0.1) is 18.6 Å². The van der Waals surface area contributed by atoms with Crippen molar-refractivity contribution < 1.29 is 5.11 Å². The summed E-state index contributed by atoms with van der Waals surface area (Å²) < 4.78 is 2.02. The molecule has 1 saturated carbocycles. The quantitative estimate of drug-likeness (QED) is 0.742. The van der Waals surface area contributed by atoms with E-state index in [0.29, 0.717) is 0 Å². The molecule has 2 aromatic heterocycles. The van der Waals surface area contributed by atoms with E-state index in [-0.39, 0.29) is 12.1 Å². The molecule has 1 aliphatic rings. The Morgan fingerprint density at radius 3 is 3.13 bits per heavy atom. The molecule has 0 saturated heterocycles. The molecule has 0 bridgehead atoms. The minimum absolute atomic E-state index is 0.278. The van der Waals surface area contributed by atoms with E-state index in [1.165, 1.54) is 6.33 Å². The number of aliphatic hydroxyl groups is 1. The number of imidazole rings is 1. The van der Waals surface area contributed by atoms with Crippen LogP contribution in [0.25, 0.3) is 11.2 Å². The van der Waals surface area contributed by atoms with Crippen LogP contribution in [0.5, 0.6) is 0 Å². The van der Waals surface area contributed by atoms with Crippen LogP contribution in [-0.2, 0) is 0 Å². The van der Waals surface area contributed by atoms with Crippen LogP contribution in [0.15, 0.2) is 18.9 Å². The number of hydrogen-bond donors (Lipinski definition) is 1. The van der Waals surface area contributed by atoms with Crippen molar-refractivity contribution in [1.29, 1.82) is 0 Å². The van der Waals surface area contributed by atoms with Gasteiger partial charge in [0.25, 0.3) is 0 Å². The van der Waals surface area contributed by atoms with Gasteiger partial charge in [-0.3, -0.25) is 0 Å². The summed E-state index contributed by atoms with van der Waals surface area (Å²) in [5.74, 6) is 0. The van der Waals surface area contributed by atoms with E-state index in [4.69, 9.17) is 0 Å². The van der Waals surface area contributed by atoms with Crippen molar-refractivity contribution in [3.8, 4) is 0 Å². The third-order valence-electron chi connectivity index (χ3n) is 2.83. The van der Waals surface area contributed by atoms with Gasteiger partial charge in [0.2, 0.25) is 0 Å². The Bertz CT molecular complexity index is 481. The minimum Gasteiger partial charge on any atom is -0.393 e. The summed E-state index contributed by atoms with van der Waals surface area (Å²) in [6.07, 6.45) is 8.25. The molecule has 77 valence electrons. The standard InChI is InChI=1S/C10H11N4O/c15-8-2-1-7(3-8)14-6-13-9-4-11-5-12-10(9)14/h2,4-8,15H,1,3H2/t7-,8+/m1/s1. The fourth-order valence-corrected chi connectivity index (χ4v) is 2.06. The maximum Gasteiger partial charge on any atom is 0.163 e. The Kier molecular flexibility index (Phi) is 1.92. The predicted molar refractivity (Wildman–Crippen MR) is 53.9 cm³/mol. The Morgan fingerprint density at radius 2 is 2.33 bits per heavy atom. The molecule has 2 atom stereocenters. The molecule has 0 aliphatic heterocycles. The summed E-state index contributed by atoms with van der Waals surface area (Å²) in [5, 5.41) is 9.45. The van der Waals surface area contributed by atoms with Gasteiger partial charge in [-0.15, -0.1) is 0 Å². The highest BCUT2D eigenvalue weighted by atomic mass is 16.3. The molecule has 2 aromatic rings. The molecule has 3 rings (SSSR count). The summed E-state index contributed by atoms with van der Waals surface area (Å²) in [4.78, 5) is 12.4. The molecule has 0 unspecified atom stereocenters. The molecule has 1 N–H and O–H groups in total. The van der Waals surface area contributed by atoms with Crippen LogP contribution in [0.4, 0.5) is 0 Å². The third-order valence-corrected chi connectivity index (χ3v) is 2.83. The molecule has 2 heterocycles. The van der Waals surface area contributed by atoms with E-state index in [2.05, 4.69) is 15.0 Å². The lowest BCUT2D eigenvalue weighted by Crippen LogP contribution is -2.06. The first kappa shape index (κ1) is 8.79. The van der Waals surface area contributed by atoms with Crippen LogP contribution in [-0.4, -0.2) is 30.7 Å². The molecular weight excluding hydrogens is 192 g/mol. The van der Waals surface area contributed by atoms with E-state index in [9.17, 15) is 5.11 Å². The van der Waals surface area contributed by atoms with Crippen molar-refractivity contribution >= 4 is 11.2 Å². The molecular formula is C10H11N4O. The van der Waals surface area contributed by atoms with Crippen molar-refractivity contribution in [1.82, 2.24) is 19.5 Å². The SMILES string of the molecule is O[C@H]1[CH]C[C@@H](n2cnc3cncnc32)C1. The fourth-order valence-electron chi connectivity index (χ4n) is 2.06. The maximum absolute atomic E-state index is 9.45. The molecule has 0 amide bonds. The van der Waals surface area contributed by atoms with Crippen molar-refractivity contribution in [2.75, 3.05) is 0 Å². The van der Waals surface area contributed by atoms with Gasteiger partial charge in [-0.05, 0) is 19.3 Å². The van der Waals surface area contributed by atoms with Gasteiger partial charge in [0.1, 0.15) is 11.8 Å². The molecule has 5 nitrogen and oxygen atoms in total. The summed E-state index contributed by atoms with van der Waals surface area (Å²) in [7, 11) is 0. The lowest BCUT2D eigenvalue weighted by atomic mass is 10.2.